The standard InChI is InChI=1S/C11H11ClN2O2/c1-15-10-3-2-7(12)4-9(10)11-5-8(6-13)14-16-11/h2-5H,6,13H2,1H3. The highest BCUT2D eigenvalue weighted by Gasteiger charge is 2.11. The third-order valence-corrected chi connectivity index (χ3v) is 2.43. The maximum atomic E-state index is 5.92. The Morgan fingerprint density at radius 2 is 2.25 bits per heavy atom. The molecule has 0 spiro atoms. The highest BCUT2D eigenvalue weighted by Crippen LogP contribution is 2.32. The summed E-state index contributed by atoms with van der Waals surface area (Å²) in [5.41, 5.74) is 6.92. The molecule has 16 heavy (non-hydrogen) atoms. The van der Waals surface area contributed by atoms with Crippen LogP contribution in [0, 0.1) is 0 Å². The van der Waals surface area contributed by atoms with Crippen molar-refractivity contribution in [2.75, 3.05) is 7.11 Å². The van der Waals surface area contributed by atoms with Gasteiger partial charge in [0.2, 0.25) is 0 Å². The molecule has 0 aliphatic heterocycles. The van der Waals surface area contributed by atoms with Crippen LogP contribution in [0.2, 0.25) is 5.02 Å². The van der Waals surface area contributed by atoms with Gasteiger partial charge in [-0.15, -0.1) is 0 Å². The highest BCUT2D eigenvalue weighted by atomic mass is 35.5. The van der Waals surface area contributed by atoms with Gasteiger partial charge in [-0.2, -0.15) is 0 Å². The topological polar surface area (TPSA) is 61.3 Å². The average Bonchev–Trinajstić information content (AvgIpc) is 2.77. The zero-order valence-corrected chi connectivity index (χ0v) is 9.49. The van der Waals surface area contributed by atoms with Gasteiger partial charge < -0.3 is 15.0 Å². The van der Waals surface area contributed by atoms with Crippen LogP contribution in [0.1, 0.15) is 5.69 Å². The van der Waals surface area contributed by atoms with E-state index < -0.39 is 0 Å². The molecule has 84 valence electrons. The molecule has 0 fully saturated rings. The van der Waals surface area contributed by atoms with Crippen LogP contribution in [0.15, 0.2) is 28.8 Å². The summed E-state index contributed by atoms with van der Waals surface area (Å²) in [5.74, 6) is 1.28. The third-order valence-electron chi connectivity index (χ3n) is 2.20. The van der Waals surface area contributed by atoms with E-state index in [1.807, 2.05) is 0 Å². The van der Waals surface area contributed by atoms with Gasteiger partial charge in [-0.3, -0.25) is 0 Å². The van der Waals surface area contributed by atoms with Crippen molar-refractivity contribution in [2.45, 2.75) is 6.54 Å². The molecule has 4 nitrogen and oxygen atoms in total. The Morgan fingerprint density at radius 3 is 2.88 bits per heavy atom. The zero-order chi connectivity index (χ0) is 11.5. The minimum Gasteiger partial charge on any atom is -0.496 e. The van der Waals surface area contributed by atoms with Gasteiger partial charge in [-0.25, -0.2) is 0 Å². The van der Waals surface area contributed by atoms with Gasteiger partial charge in [-0.05, 0) is 18.2 Å². The maximum absolute atomic E-state index is 5.92. The number of hydrogen-bond donors (Lipinski definition) is 1. The lowest BCUT2D eigenvalue weighted by atomic mass is 10.1. The van der Waals surface area contributed by atoms with Gasteiger partial charge in [0.05, 0.1) is 18.4 Å². The quantitative estimate of drug-likeness (QED) is 0.892. The highest BCUT2D eigenvalue weighted by molar-refractivity contribution is 6.30. The number of rotatable bonds is 3. The van der Waals surface area contributed by atoms with E-state index in [1.165, 1.54) is 0 Å². The molecular weight excluding hydrogens is 228 g/mol. The van der Waals surface area contributed by atoms with Gasteiger partial charge in [-0.1, -0.05) is 16.8 Å². The third kappa shape index (κ3) is 2.03. The smallest absolute Gasteiger partial charge is 0.170 e. The first kappa shape index (κ1) is 11.0. The molecule has 5 heteroatoms. The van der Waals surface area contributed by atoms with Crippen molar-refractivity contribution in [2.24, 2.45) is 5.73 Å². The Labute approximate surface area is 97.9 Å². The molecule has 1 heterocycles. The predicted molar refractivity (Wildman–Crippen MR) is 61.4 cm³/mol. The van der Waals surface area contributed by atoms with E-state index in [9.17, 15) is 0 Å². The lowest BCUT2D eigenvalue weighted by molar-refractivity contribution is 0.404. The molecule has 2 aromatic rings. The predicted octanol–water partition coefficient (Wildman–Crippen LogP) is 2.46. The maximum Gasteiger partial charge on any atom is 0.170 e. The van der Waals surface area contributed by atoms with Crippen LogP contribution in [0.5, 0.6) is 5.75 Å². The molecule has 2 rings (SSSR count). The number of nitrogens with two attached hydrogens (primary N) is 1. The molecule has 0 unspecified atom stereocenters. The van der Waals surface area contributed by atoms with Crippen LogP contribution in [0.25, 0.3) is 11.3 Å². The summed E-state index contributed by atoms with van der Waals surface area (Å²) in [6.45, 7) is 0.340. The van der Waals surface area contributed by atoms with E-state index in [0.29, 0.717) is 28.8 Å². The summed E-state index contributed by atoms with van der Waals surface area (Å²) < 4.78 is 10.4. The van der Waals surface area contributed by atoms with E-state index in [2.05, 4.69) is 5.16 Å². The number of hydrogen-bond acceptors (Lipinski definition) is 4. The fraction of sp³-hybridized carbons (Fsp3) is 0.182. The molecule has 0 bridgehead atoms. The molecule has 1 aromatic heterocycles. The molecule has 0 saturated heterocycles. The number of methoxy groups -OCH3 is 1. The Kier molecular flexibility index (Phi) is 3.12. The molecule has 0 radical (unpaired) electrons. The van der Waals surface area contributed by atoms with E-state index in [0.717, 1.165) is 5.56 Å². The van der Waals surface area contributed by atoms with Crippen molar-refractivity contribution in [1.29, 1.82) is 0 Å². The number of benzene rings is 1. The van der Waals surface area contributed by atoms with Crippen molar-refractivity contribution in [3.63, 3.8) is 0 Å². The molecule has 2 N–H and O–H groups in total. The first-order valence-electron chi connectivity index (χ1n) is 4.74. The summed E-state index contributed by atoms with van der Waals surface area (Å²) in [6.07, 6.45) is 0. The van der Waals surface area contributed by atoms with Crippen molar-refractivity contribution in [1.82, 2.24) is 5.16 Å². The summed E-state index contributed by atoms with van der Waals surface area (Å²) in [6, 6.07) is 7.07. The normalized spacial score (nSPS) is 10.4. The van der Waals surface area contributed by atoms with Gasteiger partial charge in [0.25, 0.3) is 0 Å². The SMILES string of the molecule is COc1ccc(Cl)cc1-c1cc(CN)no1. The van der Waals surface area contributed by atoms with E-state index in [4.69, 9.17) is 26.6 Å². The molecular formula is C11H11ClN2O2. The van der Waals surface area contributed by atoms with Gasteiger partial charge >= 0.3 is 0 Å². The van der Waals surface area contributed by atoms with Crippen LogP contribution in [0.3, 0.4) is 0 Å². The van der Waals surface area contributed by atoms with Crippen LogP contribution < -0.4 is 10.5 Å². The molecule has 0 saturated carbocycles. The fourth-order valence-electron chi connectivity index (χ4n) is 1.41. The average molecular weight is 239 g/mol. The lowest BCUT2D eigenvalue weighted by Gasteiger charge is -2.05. The van der Waals surface area contributed by atoms with Crippen molar-refractivity contribution >= 4 is 11.6 Å². The minimum atomic E-state index is 0.340. The van der Waals surface area contributed by atoms with Crippen LogP contribution in [-0.4, -0.2) is 12.3 Å². The second kappa shape index (κ2) is 4.55. The number of halogens is 1. The Balaban J connectivity index is 2.49. The largest absolute Gasteiger partial charge is 0.496 e. The van der Waals surface area contributed by atoms with Gasteiger partial charge in [0.1, 0.15) is 5.75 Å². The fourth-order valence-corrected chi connectivity index (χ4v) is 1.58. The van der Waals surface area contributed by atoms with Crippen molar-refractivity contribution in [3.05, 3.63) is 35.0 Å². The first-order valence-corrected chi connectivity index (χ1v) is 5.12. The molecule has 0 atom stereocenters. The molecule has 0 amide bonds. The second-order valence-electron chi connectivity index (χ2n) is 3.23. The summed E-state index contributed by atoms with van der Waals surface area (Å²) in [5, 5.41) is 4.43. The van der Waals surface area contributed by atoms with E-state index in [1.54, 1.807) is 31.4 Å². The van der Waals surface area contributed by atoms with Gasteiger partial charge in [0.15, 0.2) is 5.76 Å². The second-order valence-corrected chi connectivity index (χ2v) is 3.67. The summed E-state index contributed by atoms with van der Waals surface area (Å²) in [7, 11) is 1.59. The molecule has 0 aliphatic rings. The monoisotopic (exact) mass is 238 g/mol. The van der Waals surface area contributed by atoms with E-state index in [-0.39, 0.29) is 0 Å². The van der Waals surface area contributed by atoms with Gasteiger partial charge in [0, 0.05) is 17.6 Å². The lowest BCUT2D eigenvalue weighted by Crippen LogP contribution is -1.94. The number of nitrogens with zero attached hydrogens (tertiary/aromatic N) is 1. The Hall–Kier alpha value is -1.52. The summed E-state index contributed by atoms with van der Waals surface area (Å²) >= 11 is 5.92. The minimum absolute atomic E-state index is 0.340. The Bertz CT molecular complexity index is 496. The van der Waals surface area contributed by atoms with Crippen molar-refractivity contribution < 1.29 is 9.26 Å². The van der Waals surface area contributed by atoms with Crippen LogP contribution in [0.4, 0.5) is 0 Å². The van der Waals surface area contributed by atoms with Crippen LogP contribution in [-0.2, 0) is 6.54 Å². The molecule has 1 aromatic carbocycles. The first-order chi connectivity index (χ1) is 7.74. The van der Waals surface area contributed by atoms with E-state index >= 15 is 0 Å². The molecule has 0 aliphatic carbocycles. The Morgan fingerprint density at radius 1 is 1.44 bits per heavy atom. The number of ether oxygens (including phenoxy) is 1. The zero-order valence-electron chi connectivity index (χ0n) is 8.74. The van der Waals surface area contributed by atoms with Crippen molar-refractivity contribution in [3.8, 4) is 17.1 Å². The number of aromatic nitrogens is 1. The summed E-state index contributed by atoms with van der Waals surface area (Å²) in [4.78, 5) is 0. The van der Waals surface area contributed by atoms with Crippen LogP contribution >= 0.6 is 11.6 Å².